The average molecular weight is 448 g/mol. The number of amides is 1. The van der Waals surface area contributed by atoms with Crippen molar-refractivity contribution in [2.24, 2.45) is 5.92 Å². The second kappa shape index (κ2) is 9.10. The highest BCUT2D eigenvalue weighted by Crippen LogP contribution is 2.45. The summed E-state index contributed by atoms with van der Waals surface area (Å²) in [4.78, 5) is 31.1. The molecule has 7 nitrogen and oxygen atoms in total. The number of Topliss-reactive ketones (excluding diaryl/α,β-unsaturated/α-hetero) is 1. The van der Waals surface area contributed by atoms with Gasteiger partial charge in [0.25, 0.3) is 5.91 Å². The van der Waals surface area contributed by atoms with Crippen LogP contribution < -0.4 is 20.1 Å². The highest BCUT2D eigenvalue weighted by molar-refractivity contribution is 6.09. The lowest BCUT2D eigenvalue weighted by molar-refractivity contribution is -0.117. The Labute approximate surface area is 193 Å². The number of carbonyl (C=O) groups excluding carboxylic acids is 2. The standard InChI is InChI=1S/C26H29N3O4/c1-14-6-9-22(27-13-14)29-26(31)23-16(3)28-18-10-15(2)11-19(30)25(18)24(23)17-7-8-20(32-4)21(12-17)33-5/h6-9,12-13,15,24,28H,10-11H2,1-5H3,(H,27,29,31). The number of nitrogens with zero attached hydrogens (tertiary/aromatic N) is 1. The maximum Gasteiger partial charge on any atom is 0.255 e. The summed E-state index contributed by atoms with van der Waals surface area (Å²) >= 11 is 0. The zero-order valence-corrected chi connectivity index (χ0v) is 19.6. The number of pyridine rings is 1. The smallest absolute Gasteiger partial charge is 0.255 e. The zero-order chi connectivity index (χ0) is 23.7. The number of dihydropyridines is 1. The van der Waals surface area contributed by atoms with Gasteiger partial charge in [-0.3, -0.25) is 9.59 Å². The average Bonchev–Trinajstić information content (AvgIpc) is 2.78. The summed E-state index contributed by atoms with van der Waals surface area (Å²) in [5.41, 5.74) is 4.55. The fraction of sp³-hybridized carbons (Fsp3) is 0.346. The molecule has 2 unspecified atom stereocenters. The Balaban J connectivity index is 1.82. The predicted octanol–water partition coefficient (Wildman–Crippen LogP) is 4.26. The Kier molecular flexibility index (Phi) is 6.22. The monoisotopic (exact) mass is 447 g/mol. The summed E-state index contributed by atoms with van der Waals surface area (Å²) in [6, 6.07) is 9.19. The molecule has 2 aromatic rings. The first-order chi connectivity index (χ1) is 15.8. The summed E-state index contributed by atoms with van der Waals surface area (Å²) < 4.78 is 10.9. The Morgan fingerprint density at radius 2 is 1.85 bits per heavy atom. The van der Waals surface area contributed by atoms with Crippen molar-refractivity contribution in [3.05, 3.63) is 70.2 Å². The lowest BCUT2D eigenvalue weighted by Crippen LogP contribution is -2.37. The summed E-state index contributed by atoms with van der Waals surface area (Å²) in [6.07, 6.45) is 2.92. The van der Waals surface area contributed by atoms with E-state index in [1.807, 2.05) is 32.0 Å². The largest absolute Gasteiger partial charge is 0.493 e. The van der Waals surface area contributed by atoms with E-state index >= 15 is 0 Å². The summed E-state index contributed by atoms with van der Waals surface area (Å²) in [5.74, 6) is 1.08. The van der Waals surface area contributed by atoms with Crippen LogP contribution >= 0.6 is 0 Å². The molecule has 1 aliphatic carbocycles. The molecule has 1 aromatic heterocycles. The van der Waals surface area contributed by atoms with Crippen molar-refractivity contribution in [1.29, 1.82) is 0 Å². The molecule has 33 heavy (non-hydrogen) atoms. The Hall–Kier alpha value is -3.61. The van der Waals surface area contributed by atoms with Crippen LogP contribution in [0.2, 0.25) is 0 Å². The van der Waals surface area contributed by atoms with Gasteiger partial charge in [-0.2, -0.15) is 0 Å². The molecule has 0 saturated carbocycles. The minimum atomic E-state index is -0.522. The summed E-state index contributed by atoms with van der Waals surface area (Å²) in [6.45, 7) is 5.88. The molecule has 4 rings (SSSR count). The molecular weight excluding hydrogens is 418 g/mol. The molecular formula is C26H29N3O4. The first-order valence-corrected chi connectivity index (χ1v) is 11.0. The third kappa shape index (κ3) is 4.35. The molecule has 0 saturated heterocycles. The van der Waals surface area contributed by atoms with Crippen LogP contribution in [0.15, 0.2) is 59.1 Å². The summed E-state index contributed by atoms with van der Waals surface area (Å²) in [7, 11) is 3.15. The van der Waals surface area contributed by atoms with Gasteiger partial charge in [0, 0.05) is 41.1 Å². The van der Waals surface area contributed by atoms with Gasteiger partial charge in [0.1, 0.15) is 5.82 Å². The van der Waals surface area contributed by atoms with Crippen LogP contribution in [0.25, 0.3) is 0 Å². The number of anilines is 1. The molecule has 0 bridgehead atoms. The van der Waals surface area contributed by atoms with Gasteiger partial charge in [-0.15, -0.1) is 0 Å². The fourth-order valence-corrected chi connectivity index (χ4v) is 4.63. The van der Waals surface area contributed by atoms with Crippen LogP contribution in [0.4, 0.5) is 5.82 Å². The number of benzene rings is 1. The zero-order valence-electron chi connectivity index (χ0n) is 19.6. The van der Waals surface area contributed by atoms with E-state index in [1.54, 1.807) is 32.5 Å². The minimum absolute atomic E-state index is 0.0577. The van der Waals surface area contributed by atoms with Crippen molar-refractivity contribution in [2.45, 2.75) is 39.5 Å². The van der Waals surface area contributed by atoms with Crippen molar-refractivity contribution in [3.8, 4) is 11.5 Å². The number of nitrogens with one attached hydrogen (secondary N) is 2. The number of aromatic nitrogens is 1. The van der Waals surface area contributed by atoms with Crippen molar-refractivity contribution >= 4 is 17.5 Å². The normalized spacial score (nSPS) is 20.2. The van der Waals surface area contributed by atoms with E-state index in [2.05, 4.69) is 22.5 Å². The van der Waals surface area contributed by atoms with E-state index in [4.69, 9.17) is 9.47 Å². The molecule has 2 atom stereocenters. The Morgan fingerprint density at radius 3 is 2.52 bits per heavy atom. The van der Waals surface area contributed by atoms with Crippen molar-refractivity contribution in [2.75, 3.05) is 19.5 Å². The SMILES string of the molecule is COc1ccc(C2C(C(=O)Nc3ccc(C)cn3)=C(C)NC3=C2C(=O)CC(C)C3)cc1OC. The van der Waals surface area contributed by atoms with E-state index in [9.17, 15) is 9.59 Å². The summed E-state index contributed by atoms with van der Waals surface area (Å²) in [5, 5.41) is 6.26. The van der Waals surface area contributed by atoms with Crippen LogP contribution in [0.3, 0.4) is 0 Å². The van der Waals surface area contributed by atoms with Crippen molar-refractivity contribution in [3.63, 3.8) is 0 Å². The number of allylic oxidation sites excluding steroid dienone is 3. The second-order valence-corrected chi connectivity index (χ2v) is 8.71. The predicted molar refractivity (Wildman–Crippen MR) is 126 cm³/mol. The number of aryl methyl sites for hydroxylation is 1. The molecule has 0 spiro atoms. The number of methoxy groups -OCH3 is 2. The van der Waals surface area contributed by atoms with Crippen LogP contribution in [0.5, 0.6) is 11.5 Å². The van der Waals surface area contributed by atoms with E-state index in [0.717, 1.165) is 28.9 Å². The maximum absolute atomic E-state index is 13.5. The fourth-order valence-electron chi connectivity index (χ4n) is 4.63. The lowest BCUT2D eigenvalue weighted by Gasteiger charge is -2.36. The number of rotatable bonds is 5. The third-order valence-electron chi connectivity index (χ3n) is 6.17. The van der Waals surface area contributed by atoms with E-state index < -0.39 is 5.92 Å². The number of ether oxygens (including phenoxy) is 2. The van der Waals surface area contributed by atoms with Gasteiger partial charge in [-0.1, -0.05) is 19.1 Å². The van der Waals surface area contributed by atoms with Gasteiger partial charge in [0.15, 0.2) is 17.3 Å². The van der Waals surface area contributed by atoms with Gasteiger partial charge >= 0.3 is 0 Å². The van der Waals surface area contributed by atoms with Crippen molar-refractivity contribution in [1.82, 2.24) is 10.3 Å². The molecule has 1 aromatic carbocycles. The number of hydrogen-bond donors (Lipinski definition) is 2. The molecule has 0 fully saturated rings. The van der Waals surface area contributed by atoms with Crippen molar-refractivity contribution < 1.29 is 19.1 Å². The molecule has 2 heterocycles. The maximum atomic E-state index is 13.5. The van der Waals surface area contributed by atoms with Gasteiger partial charge in [-0.05, 0) is 55.5 Å². The molecule has 0 radical (unpaired) electrons. The molecule has 172 valence electrons. The van der Waals surface area contributed by atoms with E-state index in [-0.39, 0.29) is 17.6 Å². The van der Waals surface area contributed by atoms with Gasteiger partial charge in [0.05, 0.1) is 14.2 Å². The number of carbonyl (C=O) groups is 2. The highest BCUT2D eigenvalue weighted by atomic mass is 16.5. The van der Waals surface area contributed by atoms with Crippen LogP contribution in [-0.4, -0.2) is 30.9 Å². The molecule has 2 N–H and O–H groups in total. The first kappa shape index (κ1) is 22.6. The number of hydrogen-bond acceptors (Lipinski definition) is 6. The Bertz CT molecular complexity index is 1160. The van der Waals surface area contributed by atoms with Gasteiger partial charge in [0.2, 0.25) is 0 Å². The van der Waals surface area contributed by atoms with Crippen LogP contribution in [0.1, 0.15) is 43.7 Å². The Morgan fingerprint density at radius 1 is 1.09 bits per heavy atom. The lowest BCUT2D eigenvalue weighted by atomic mass is 9.73. The molecule has 1 amide bonds. The second-order valence-electron chi connectivity index (χ2n) is 8.71. The topological polar surface area (TPSA) is 89.5 Å². The number of ketones is 1. The van der Waals surface area contributed by atoms with Crippen LogP contribution in [-0.2, 0) is 9.59 Å². The quantitative estimate of drug-likeness (QED) is 0.712. The highest BCUT2D eigenvalue weighted by Gasteiger charge is 2.40. The molecule has 1 aliphatic heterocycles. The molecule has 7 heteroatoms. The van der Waals surface area contributed by atoms with E-state index in [0.29, 0.717) is 34.9 Å². The van der Waals surface area contributed by atoms with Gasteiger partial charge < -0.3 is 20.1 Å². The van der Waals surface area contributed by atoms with Gasteiger partial charge in [-0.25, -0.2) is 4.98 Å². The van der Waals surface area contributed by atoms with Crippen LogP contribution in [0, 0.1) is 12.8 Å². The third-order valence-corrected chi connectivity index (χ3v) is 6.17. The first-order valence-electron chi connectivity index (χ1n) is 11.0. The minimum Gasteiger partial charge on any atom is -0.493 e. The van der Waals surface area contributed by atoms with E-state index in [1.165, 1.54) is 0 Å². The molecule has 2 aliphatic rings.